The lowest BCUT2D eigenvalue weighted by Gasteiger charge is -1.79. The fourth-order valence-electron chi connectivity index (χ4n) is 0.375. The second kappa shape index (κ2) is 2.81. The molecule has 1 rings (SSSR count). The van der Waals surface area contributed by atoms with E-state index in [1.807, 2.05) is 0 Å². The van der Waals surface area contributed by atoms with Gasteiger partial charge in [0, 0.05) is 6.20 Å². The van der Waals surface area contributed by atoms with Crippen molar-refractivity contribution in [2.75, 3.05) is 0 Å². The van der Waals surface area contributed by atoms with E-state index in [0.29, 0.717) is 0 Å². The molecule has 0 aliphatic heterocycles. The van der Waals surface area contributed by atoms with E-state index < -0.39 is 5.97 Å². The number of aromatic nitrogens is 2. The van der Waals surface area contributed by atoms with Crippen molar-refractivity contribution in [2.45, 2.75) is 0 Å². The van der Waals surface area contributed by atoms with Gasteiger partial charge in [-0.3, -0.25) is 9.80 Å². The third-order valence-corrected chi connectivity index (χ3v) is 0.731. The van der Waals surface area contributed by atoms with Gasteiger partial charge in [-0.2, -0.15) is 5.10 Å². The van der Waals surface area contributed by atoms with Gasteiger partial charge < -0.3 is 5.11 Å². The number of rotatable bonds is 1. The average molecular weight is 132 g/mol. The van der Waals surface area contributed by atoms with Crippen molar-refractivity contribution in [1.29, 1.82) is 0 Å². The summed E-state index contributed by atoms with van der Waals surface area (Å²) in [7, 11) is 0. The molecule has 0 aromatic carbocycles. The highest BCUT2D eigenvalue weighted by Crippen LogP contribution is 1.87. The Morgan fingerprint density at radius 1 is 1.78 bits per heavy atom. The summed E-state index contributed by atoms with van der Waals surface area (Å²) < 4.78 is 0. The first-order valence-corrected chi connectivity index (χ1v) is 2.03. The Morgan fingerprint density at radius 3 is 2.67 bits per heavy atom. The van der Waals surface area contributed by atoms with Crippen LogP contribution in [0.25, 0.3) is 0 Å². The van der Waals surface area contributed by atoms with Crippen molar-refractivity contribution in [3.63, 3.8) is 0 Å². The quantitative estimate of drug-likeness (QED) is 0.576. The highest BCUT2D eigenvalue weighted by molar-refractivity contribution is 5.84. The molecule has 5 heteroatoms. The van der Waals surface area contributed by atoms with E-state index in [9.17, 15) is 4.79 Å². The van der Waals surface area contributed by atoms with Crippen molar-refractivity contribution in [2.24, 2.45) is 0 Å². The number of aromatic amines is 1. The molecule has 0 bridgehead atoms. The maximum atomic E-state index is 9.99. The summed E-state index contributed by atoms with van der Waals surface area (Å²) in [4.78, 5) is 9.99. The molecule has 1 heterocycles. The number of aromatic carboxylic acids is 1. The molecule has 50 valence electrons. The van der Waals surface area contributed by atoms with Crippen LogP contribution < -0.4 is 0 Å². The minimum atomic E-state index is -0.984. The van der Waals surface area contributed by atoms with Gasteiger partial charge in [0.2, 0.25) is 0 Å². The number of carboxylic acid groups (broad SMARTS) is 1. The van der Waals surface area contributed by atoms with Crippen LogP contribution in [-0.2, 0) is 0 Å². The van der Waals surface area contributed by atoms with Crippen LogP contribution >= 0.6 is 0 Å². The van der Waals surface area contributed by atoms with E-state index in [-0.39, 0.29) is 10.4 Å². The Morgan fingerprint density at radius 2 is 2.44 bits per heavy atom. The summed E-state index contributed by atoms with van der Waals surface area (Å²) in [6.07, 6.45) is 1.39. The maximum Gasteiger partial charge on any atom is 0.353 e. The van der Waals surface area contributed by atoms with Gasteiger partial charge in [0.25, 0.3) is 0 Å². The summed E-state index contributed by atoms with van der Waals surface area (Å²) in [5, 5.41) is 13.9. The zero-order valence-corrected chi connectivity index (χ0v) is 4.37. The predicted octanol–water partition coefficient (Wildman–Crippen LogP) is 0.260. The molecule has 9 heavy (non-hydrogen) atoms. The zero-order valence-electron chi connectivity index (χ0n) is 4.37. The molecule has 0 amide bonds. The van der Waals surface area contributed by atoms with Crippen LogP contribution in [0.2, 0.25) is 0 Å². The standard InChI is InChI=1S/C4H4N2O2.FH/c7-4(8)3-1-2-5-6-3;/h1-2H,(H,5,6)(H,7,8);1H. The van der Waals surface area contributed by atoms with Gasteiger partial charge in [-0.15, -0.1) is 0 Å². The van der Waals surface area contributed by atoms with E-state index in [4.69, 9.17) is 5.11 Å². The predicted molar refractivity (Wildman–Crippen MR) is 28.0 cm³/mol. The van der Waals surface area contributed by atoms with Crippen LogP contribution in [0.3, 0.4) is 0 Å². The summed E-state index contributed by atoms with van der Waals surface area (Å²) in [5.41, 5.74) is 0.116. The van der Waals surface area contributed by atoms with E-state index in [0.717, 1.165) is 0 Å². The molecule has 0 aliphatic rings. The molecule has 0 fully saturated rings. The lowest BCUT2D eigenvalue weighted by atomic mass is 10.5. The fraction of sp³-hybridized carbons (Fsp3) is 0. The third-order valence-electron chi connectivity index (χ3n) is 0.731. The minimum absolute atomic E-state index is 0. The number of nitrogens with zero attached hydrogens (tertiary/aromatic N) is 1. The summed E-state index contributed by atoms with van der Waals surface area (Å²) in [5.74, 6) is -0.984. The minimum Gasteiger partial charge on any atom is -0.477 e. The van der Waals surface area contributed by atoms with E-state index in [1.165, 1.54) is 12.3 Å². The molecule has 1 aromatic heterocycles. The lowest BCUT2D eigenvalue weighted by Crippen LogP contribution is -1.95. The smallest absolute Gasteiger partial charge is 0.353 e. The number of hydrogen-bond donors (Lipinski definition) is 2. The molecule has 4 nitrogen and oxygen atoms in total. The molecule has 2 N–H and O–H groups in total. The highest BCUT2D eigenvalue weighted by atomic mass is 19.0. The molecule has 0 radical (unpaired) electrons. The topological polar surface area (TPSA) is 66.0 Å². The first kappa shape index (κ1) is 7.61. The summed E-state index contributed by atoms with van der Waals surface area (Å²) >= 11 is 0. The van der Waals surface area contributed by atoms with Crippen LogP contribution in [0, 0.1) is 0 Å². The molecular formula is C4H5FN2O2. The second-order valence-corrected chi connectivity index (χ2v) is 1.28. The molecule has 0 spiro atoms. The van der Waals surface area contributed by atoms with Gasteiger partial charge in [0.1, 0.15) is 5.69 Å². The maximum absolute atomic E-state index is 9.99. The fourth-order valence-corrected chi connectivity index (χ4v) is 0.375. The number of carboxylic acids is 1. The molecular weight excluding hydrogens is 127 g/mol. The van der Waals surface area contributed by atoms with Gasteiger partial charge in [-0.25, -0.2) is 4.79 Å². The Hall–Kier alpha value is -1.39. The molecule has 0 unspecified atom stereocenters. The number of hydrogen-bond acceptors (Lipinski definition) is 2. The van der Waals surface area contributed by atoms with Crippen LogP contribution in [0.5, 0.6) is 0 Å². The van der Waals surface area contributed by atoms with E-state index in [1.54, 1.807) is 0 Å². The Balaban J connectivity index is 0.000000640. The monoisotopic (exact) mass is 132 g/mol. The largest absolute Gasteiger partial charge is 0.477 e. The Labute approximate surface area is 49.9 Å². The lowest BCUT2D eigenvalue weighted by molar-refractivity contribution is 0.0690. The first-order chi connectivity index (χ1) is 3.80. The van der Waals surface area contributed by atoms with Gasteiger partial charge >= 0.3 is 5.97 Å². The van der Waals surface area contributed by atoms with Gasteiger partial charge in [-0.05, 0) is 6.07 Å². The van der Waals surface area contributed by atoms with Crippen molar-refractivity contribution >= 4 is 5.97 Å². The number of carbonyl (C=O) groups is 1. The highest BCUT2D eigenvalue weighted by Gasteiger charge is 1.99. The second-order valence-electron chi connectivity index (χ2n) is 1.28. The van der Waals surface area contributed by atoms with Crippen LogP contribution in [0.4, 0.5) is 4.70 Å². The van der Waals surface area contributed by atoms with Crippen molar-refractivity contribution in [3.05, 3.63) is 18.0 Å². The molecule has 0 atom stereocenters. The Bertz CT molecular complexity index is 184. The first-order valence-electron chi connectivity index (χ1n) is 2.03. The van der Waals surface area contributed by atoms with Gasteiger partial charge in [0.15, 0.2) is 0 Å². The number of nitrogens with one attached hydrogen (secondary N) is 1. The zero-order chi connectivity index (χ0) is 5.98. The van der Waals surface area contributed by atoms with E-state index >= 15 is 0 Å². The SMILES string of the molecule is F.O=C(O)c1ccn[nH]1. The molecule has 0 saturated heterocycles. The number of halogens is 1. The molecule has 0 saturated carbocycles. The van der Waals surface area contributed by atoms with Crippen molar-refractivity contribution < 1.29 is 14.6 Å². The van der Waals surface area contributed by atoms with Crippen LogP contribution in [0.15, 0.2) is 12.3 Å². The van der Waals surface area contributed by atoms with Crippen LogP contribution in [0.1, 0.15) is 10.5 Å². The van der Waals surface area contributed by atoms with E-state index in [2.05, 4.69) is 10.2 Å². The summed E-state index contributed by atoms with van der Waals surface area (Å²) in [6, 6.07) is 1.39. The van der Waals surface area contributed by atoms with Crippen molar-refractivity contribution in [3.8, 4) is 0 Å². The third kappa shape index (κ3) is 1.52. The Kier molecular flexibility index (Phi) is 2.37. The average Bonchev–Trinajstić information content (AvgIpc) is 2.12. The van der Waals surface area contributed by atoms with Gasteiger partial charge in [0.05, 0.1) is 0 Å². The molecule has 0 aliphatic carbocycles. The molecule has 1 aromatic rings. The normalized spacial score (nSPS) is 8.00. The van der Waals surface area contributed by atoms with Crippen molar-refractivity contribution in [1.82, 2.24) is 10.2 Å². The number of H-pyrrole nitrogens is 1. The van der Waals surface area contributed by atoms with Gasteiger partial charge in [-0.1, -0.05) is 0 Å². The van der Waals surface area contributed by atoms with Crippen LogP contribution in [-0.4, -0.2) is 21.3 Å². The summed E-state index contributed by atoms with van der Waals surface area (Å²) in [6.45, 7) is 0.